The molecule has 2 atom stereocenters. The Morgan fingerprint density at radius 2 is 1.91 bits per heavy atom. The average molecular weight is 489 g/mol. The van der Waals surface area contributed by atoms with Crippen molar-refractivity contribution in [1.82, 2.24) is 10.2 Å². The predicted molar refractivity (Wildman–Crippen MR) is 126 cm³/mol. The molecule has 2 aromatic carbocycles. The van der Waals surface area contributed by atoms with E-state index in [4.69, 9.17) is 4.74 Å². The number of alkyl carbamates (subject to hydrolysis) is 1. The Labute approximate surface area is 203 Å². The minimum absolute atomic E-state index is 0.0669. The number of nitrogens with zero attached hydrogens (tertiary/aromatic N) is 1. The summed E-state index contributed by atoms with van der Waals surface area (Å²) >= 11 is 0. The van der Waals surface area contributed by atoms with Gasteiger partial charge in [-0.1, -0.05) is 19.9 Å². The minimum Gasteiger partial charge on any atom is -0.445 e. The fourth-order valence-corrected chi connectivity index (χ4v) is 5.94. The molecule has 8 heteroatoms. The number of hydrogen-bond donors (Lipinski definition) is 1. The molecule has 1 amide bonds. The highest BCUT2D eigenvalue weighted by Crippen LogP contribution is 2.47. The molecule has 3 fully saturated rings. The van der Waals surface area contributed by atoms with Crippen molar-refractivity contribution in [2.24, 2.45) is 11.3 Å². The van der Waals surface area contributed by atoms with E-state index in [1.165, 1.54) is 12.1 Å². The Hall–Kier alpha value is -2.74. The number of hydrogen-bond acceptors (Lipinski definition) is 4. The second-order valence-electron chi connectivity index (χ2n) is 10.7. The summed E-state index contributed by atoms with van der Waals surface area (Å²) in [4.78, 5) is 15.2. The fraction of sp³-hybridized carbons (Fsp3) is 0.519. The van der Waals surface area contributed by atoms with Gasteiger partial charge in [-0.15, -0.1) is 0 Å². The first-order valence-corrected chi connectivity index (χ1v) is 12.2. The first-order valence-electron chi connectivity index (χ1n) is 12.2. The lowest BCUT2D eigenvalue weighted by atomic mass is 9.85. The maximum atomic E-state index is 15.3. The Kier molecular flexibility index (Phi) is 6.20. The van der Waals surface area contributed by atoms with Crippen LogP contribution in [0, 0.1) is 24.1 Å². The summed E-state index contributed by atoms with van der Waals surface area (Å²) in [5.74, 6) is 0.0497. The zero-order valence-electron chi connectivity index (χ0n) is 20.2. The van der Waals surface area contributed by atoms with Crippen molar-refractivity contribution in [3.63, 3.8) is 0 Å². The third-order valence-corrected chi connectivity index (χ3v) is 7.79. The number of benzene rings is 2. The molecule has 0 spiro atoms. The average Bonchev–Trinajstić information content (AvgIpc) is 3.04. The molecule has 3 saturated heterocycles. The molecule has 188 valence electrons. The van der Waals surface area contributed by atoms with E-state index in [0.29, 0.717) is 29.0 Å². The van der Waals surface area contributed by atoms with Gasteiger partial charge in [-0.05, 0) is 97.1 Å². The molecule has 5 nitrogen and oxygen atoms in total. The van der Waals surface area contributed by atoms with Crippen LogP contribution in [-0.2, 0) is 11.2 Å². The number of piperidine rings is 3. The number of fused-ring (bicyclic) bond motifs is 4. The van der Waals surface area contributed by atoms with Crippen LogP contribution in [0.3, 0.4) is 0 Å². The number of nitrogens with one attached hydrogen (secondary N) is 1. The maximum Gasteiger partial charge on any atom is 0.407 e. The molecule has 0 radical (unpaired) electrons. The summed E-state index contributed by atoms with van der Waals surface area (Å²) in [6.07, 6.45) is 2.22. The van der Waals surface area contributed by atoms with Crippen molar-refractivity contribution in [1.29, 1.82) is 0 Å². The molecule has 0 unspecified atom stereocenters. The van der Waals surface area contributed by atoms with Gasteiger partial charge in [0.25, 0.3) is 0 Å². The van der Waals surface area contributed by atoms with E-state index in [1.807, 2.05) is 13.8 Å². The van der Waals surface area contributed by atoms with Crippen LogP contribution >= 0.6 is 0 Å². The molecule has 3 heterocycles. The molecule has 35 heavy (non-hydrogen) atoms. The van der Waals surface area contributed by atoms with Gasteiger partial charge in [0.05, 0.1) is 6.04 Å². The van der Waals surface area contributed by atoms with Gasteiger partial charge in [-0.25, -0.2) is 9.18 Å². The Bertz CT molecular complexity index is 1130. The topological polar surface area (TPSA) is 50.8 Å². The Morgan fingerprint density at radius 1 is 1.17 bits per heavy atom. The number of carbonyl (C=O) groups is 1. The van der Waals surface area contributed by atoms with Crippen LogP contribution in [0.5, 0.6) is 5.75 Å². The summed E-state index contributed by atoms with van der Waals surface area (Å²) in [6, 6.07) is 7.56. The lowest BCUT2D eigenvalue weighted by Crippen LogP contribution is -2.53. The molecule has 3 aliphatic heterocycles. The van der Waals surface area contributed by atoms with E-state index in [1.54, 1.807) is 25.1 Å². The van der Waals surface area contributed by atoms with Gasteiger partial charge in [0.2, 0.25) is 0 Å². The van der Waals surface area contributed by atoms with Crippen molar-refractivity contribution < 1.29 is 27.4 Å². The van der Waals surface area contributed by atoms with Gasteiger partial charge in [-0.2, -0.15) is 8.78 Å². The molecule has 1 N–H and O–H groups in total. The molecule has 2 aromatic rings. The zero-order valence-corrected chi connectivity index (χ0v) is 20.2. The highest BCUT2D eigenvalue weighted by atomic mass is 19.3. The van der Waals surface area contributed by atoms with Crippen LogP contribution in [0.15, 0.2) is 30.3 Å². The minimum atomic E-state index is -2.92. The highest BCUT2D eigenvalue weighted by Gasteiger charge is 2.42. The SMILES string of the molecule is Cc1cc(-c2cc3c(cc2F)[C@H](NC(=O)O[C@H]2CN4CCC2CC4)C(C)(C)C3)ccc1OC(F)F. The van der Waals surface area contributed by atoms with Crippen LogP contribution < -0.4 is 10.1 Å². The fourth-order valence-electron chi connectivity index (χ4n) is 5.94. The quantitative estimate of drug-likeness (QED) is 0.574. The van der Waals surface area contributed by atoms with Crippen LogP contribution in [0.25, 0.3) is 11.1 Å². The van der Waals surface area contributed by atoms with Gasteiger partial charge in [-0.3, -0.25) is 4.90 Å². The summed E-state index contributed by atoms with van der Waals surface area (Å²) in [5, 5.41) is 3.02. The second-order valence-corrected chi connectivity index (χ2v) is 10.7. The van der Waals surface area contributed by atoms with Crippen molar-refractivity contribution in [2.45, 2.75) is 58.8 Å². The monoisotopic (exact) mass is 488 g/mol. The molecule has 1 aliphatic carbocycles. The number of halogens is 3. The molecule has 2 bridgehead atoms. The molecule has 0 aromatic heterocycles. The summed E-state index contributed by atoms with van der Waals surface area (Å²) < 4.78 is 50.8. The zero-order chi connectivity index (χ0) is 24.9. The van der Waals surface area contributed by atoms with Crippen molar-refractivity contribution in [3.05, 3.63) is 52.8 Å². The maximum absolute atomic E-state index is 15.3. The Morgan fingerprint density at radius 3 is 2.54 bits per heavy atom. The Balaban J connectivity index is 1.36. The van der Waals surface area contributed by atoms with Crippen molar-refractivity contribution >= 4 is 6.09 Å². The number of rotatable bonds is 5. The van der Waals surface area contributed by atoms with Gasteiger partial charge in [0.15, 0.2) is 0 Å². The largest absolute Gasteiger partial charge is 0.445 e. The third-order valence-electron chi connectivity index (χ3n) is 7.79. The standard InChI is InChI=1S/C27H31F3N2O3/c1-15-10-17(4-5-22(15)34-25(29)30)19-11-18-13-27(2,3)24(20(18)12-21(19)28)31-26(33)35-23-14-32-8-6-16(23)7-9-32/h4-5,10-12,16,23-25H,6-9,13-14H2,1-3H3,(H,31,33)/t23-,24-/m0/s1. The number of amides is 1. The van der Waals surface area contributed by atoms with Crippen LogP contribution in [0.2, 0.25) is 0 Å². The summed E-state index contributed by atoms with van der Waals surface area (Å²) in [5.41, 5.74) is 2.84. The second kappa shape index (κ2) is 9.04. The van der Waals surface area contributed by atoms with E-state index in [-0.39, 0.29) is 23.3 Å². The van der Waals surface area contributed by atoms with E-state index < -0.39 is 18.5 Å². The smallest absolute Gasteiger partial charge is 0.407 e. The molecule has 6 rings (SSSR count). The lowest BCUT2D eigenvalue weighted by molar-refractivity contribution is -0.0502. The van der Waals surface area contributed by atoms with Crippen molar-refractivity contribution in [2.75, 3.05) is 19.6 Å². The van der Waals surface area contributed by atoms with Gasteiger partial charge >= 0.3 is 12.7 Å². The first kappa shape index (κ1) is 24.0. The molecular formula is C27H31F3N2O3. The predicted octanol–water partition coefficient (Wildman–Crippen LogP) is 5.85. The van der Waals surface area contributed by atoms with Crippen LogP contribution in [0.4, 0.5) is 18.0 Å². The number of aryl methyl sites for hydroxylation is 1. The van der Waals surface area contributed by atoms with Crippen LogP contribution in [0.1, 0.15) is 49.4 Å². The van der Waals surface area contributed by atoms with Gasteiger partial charge in [0, 0.05) is 12.1 Å². The van der Waals surface area contributed by atoms with Gasteiger partial charge in [0.1, 0.15) is 17.7 Å². The third kappa shape index (κ3) is 4.73. The number of ether oxygens (including phenoxy) is 2. The van der Waals surface area contributed by atoms with Gasteiger partial charge < -0.3 is 14.8 Å². The van der Waals surface area contributed by atoms with E-state index in [0.717, 1.165) is 43.6 Å². The molecule has 4 aliphatic rings. The van der Waals surface area contributed by atoms with Crippen molar-refractivity contribution in [3.8, 4) is 16.9 Å². The molecular weight excluding hydrogens is 457 g/mol. The van der Waals surface area contributed by atoms with E-state index >= 15 is 4.39 Å². The van der Waals surface area contributed by atoms with E-state index in [2.05, 4.69) is 15.0 Å². The highest BCUT2D eigenvalue weighted by molar-refractivity contribution is 5.71. The van der Waals surface area contributed by atoms with Crippen LogP contribution in [-0.4, -0.2) is 43.3 Å². The number of alkyl halides is 2. The molecule has 0 saturated carbocycles. The first-order chi connectivity index (χ1) is 16.6. The lowest BCUT2D eigenvalue weighted by Gasteiger charge is -2.44. The normalized spacial score (nSPS) is 26.5. The number of carbonyl (C=O) groups excluding carboxylic acids is 1. The van der Waals surface area contributed by atoms with E-state index in [9.17, 15) is 13.6 Å². The summed E-state index contributed by atoms with van der Waals surface area (Å²) in [7, 11) is 0. The summed E-state index contributed by atoms with van der Waals surface area (Å²) in [6.45, 7) is 5.74.